The van der Waals surface area contributed by atoms with E-state index in [0.29, 0.717) is 12.5 Å². The van der Waals surface area contributed by atoms with E-state index in [9.17, 15) is 4.79 Å². The minimum absolute atomic E-state index is 0.202. The van der Waals surface area contributed by atoms with Crippen molar-refractivity contribution in [3.05, 3.63) is 22.4 Å². The number of ether oxygens (including phenoxy) is 1. The van der Waals surface area contributed by atoms with Gasteiger partial charge in [0, 0.05) is 23.9 Å². The van der Waals surface area contributed by atoms with Crippen LogP contribution in [0.2, 0.25) is 0 Å². The van der Waals surface area contributed by atoms with Crippen molar-refractivity contribution >= 4 is 17.1 Å². The highest BCUT2D eigenvalue weighted by Gasteiger charge is 2.35. The van der Waals surface area contributed by atoms with Crippen LogP contribution in [0.15, 0.2) is 17.5 Å². The third-order valence-electron chi connectivity index (χ3n) is 3.68. The van der Waals surface area contributed by atoms with Crippen molar-refractivity contribution < 1.29 is 9.53 Å². The molecule has 4 heteroatoms. The Labute approximate surface area is 105 Å². The zero-order valence-electron chi connectivity index (χ0n) is 9.80. The lowest BCUT2D eigenvalue weighted by atomic mass is 10.1. The molecule has 2 aliphatic rings. The molecule has 0 saturated carbocycles. The molecule has 0 bridgehead atoms. The Kier molecular flexibility index (Phi) is 3.27. The van der Waals surface area contributed by atoms with E-state index < -0.39 is 0 Å². The first-order chi connectivity index (χ1) is 8.33. The summed E-state index contributed by atoms with van der Waals surface area (Å²) in [6, 6.07) is 4.58. The number of morpholine rings is 1. The number of hydrogen-bond donors (Lipinski definition) is 0. The molecule has 1 aromatic rings. The summed E-state index contributed by atoms with van der Waals surface area (Å²) in [4.78, 5) is 15.7. The third kappa shape index (κ3) is 2.44. The third-order valence-corrected chi connectivity index (χ3v) is 4.55. The molecule has 17 heavy (non-hydrogen) atoms. The molecule has 3 heterocycles. The number of rotatable bonds is 3. The highest BCUT2D eigenvalue weighted by atomic mass is 32.1. The quantitative estimate of drug-likeness (QED) is 0.819. The van der Waals surface area contributed by atoms with E-state index in [1.807, 2.05) is 17.5 Å². The molecular weight excluding hydrogens is 234 g/mol. The lowest BCUT2D eigenvalue weighted by Crippen LogP contribution is -2.49. The van der Waals surface area contributed by atoms with Crippen LogP contribution in [0.4, 0.5) is 0 Å². The molecule has 3 nitrogen and oxygen atoms in total. The Hall–Kier alpha value is -0.710. The van der Waals surface area contributed by atoms with Crippen LogP contribution in [-0.2, 0) is 16.0 Å². The van der Waals surface area contributed by atoms with E-state index in [4.69, 9.17) is 4.74 Å². The van der Waals surface area contributed by atoms with Gasteiger partial charge in [-0.1, -0.05) is 6.07 Å². The van der Waals surface area contributed by atoms with Gasteiger partial charge in [-0.25, -0.2) is 0 Å². The molecule has 0 amide bonds. The molecule has 0 radical (unpaired) electrons. The van der Waals surface area contributed by atoms with Crippen molar-refractivity contribution in [3.8, 4) is 0 Å². The van der Waals surface area contributed by atoms with E-state index >= 15 is 0 Å². The van der Waals surface area contributed by atoms with Crippen LogP contribution in [0.5, 0.6) is 0 Å². The van der Waals surface area contributed by atoms with Crippen LogP contribution in [0.1, 0.15) is 17.7 Å². The standard InChI is InChI=1S/C13H17NO2S/c15-12(7-11-4-2-6-17-11)13-8-14-5-1-3-10(14)9-16-13/h2,4,6,10,13H,1,3,5,7-9H2. The van der Waals surface area contributed by atoms with Gasteiger partial charge in [0.05, 0.1) is 6.61 Å². The lowest BCUT2D eigenvalue weighted by molar-refractivity contribution is -0.137. The normalized spacial score (nSPS) is 29.2. The van der Waals surface area contributed by atoms with Crippen molar-refractivity contribution in [1.29, 1.82) is 0 Å². The van der Waals surface area contributed by atoms with E-state index in [1.54, 1.807) is 11.3 Å². The van der Waals surface area contributed by atoms with Crippen LogP contribution in [0.25, 0.3) is 0 Å². The fourth-order valence-corrected chi connectivity index (χ4v) is 3.43. The predicted molar refractivity (Wildman–Crippen MR) is 67.4 cm³/mol. The summed E-state index contributed by atoms with van der Waals surface area (Å²) in [5.41, 5.74) is 0. The van der Waals surface area contributed by atoms with Gasteiger partial charge in [-0.05, 0) is 30.8 Å². The molecule has 92 valence electrons. The number of nitrogens with zero attached hydrogens (tertiary/aromatic N) is 1. The van der Waals surface area contributed by atoms with E-state index in [2.05, 4.69) is 4.90 Å². The zero-order chi connectivity index (χ0) is 11.7. The van der Waals surface area contributed by atoms with E-state index in [-0.39, 0.29) is 11.9 Å². The molecule has 0 aromatic carbocycles. The van der Waals surface area contributed by atoms with E-state index in [1.165, 1.54) is 12.8 Å². The highest BCUT2D eigenvalue weighted by Crippen LogP contribution is 2.23. The Balaban J connectivity index is 1.59. The minimum atomic E-state index is -0.202. The molecule has 2 atom stereocenters. The van der Waals surface area contributed by atoms with Crippen molar-refractivity contribution in [1.82, 2.24) is 4.90 Å². The van der Waals surface area contributed by atoms with Gasteiger partial charge < -0.3 is 4.74 Å². The SMILES string of the molecule is O=C(Cc1cccs1)C1CN2CCCC2CO1. The van der Waals surface area contributed by atoms with Gasteiger partial charge in [0.25, 0.3) is 0 Å². The summed E-state index contributed by atoms with van der Waals surface area (Å²) in [7, 11) is 0. The second kappa shape index (κ2) is 4.88. The number of carbonyl (C=O) groups is 1. The summed E-state index contributed by atoms with van der Waals surface area (Å²) < 4.78 is 5.72. The Morgan fingerprint density at radius 3 is 3.35 bits per heavy atom. The summed E-state index contributed by atoms with van der Waals surface area (Å²) in [6.07, 6.45) is 2.80. The average Bonchev–Trinajstić information content (AvgIpc) is 2.97. The smallest absolute Gasteiger partial charge is 0.168 e. The molecule has 0 aliphatic carbocycles. The van der Waals surface area contributed by atoms with Crippen LogP contribution in [-0.4, -0.2) is 42.5 Å². The number of fused-ring (bicyclic) bond motifs is 1. The molecule has 1 aromatic heterocycles. The summed E-state index contributed by atoms with van der Waals surface area (Å²) >= 11 is 1.64. The van der Waals surface area contributed by atoms with Crippen LogP contribution >= 0.6 is 11.3 Å². The molecular formula is C13H17NO2S. The maximum Gasteiger partial charge on any atom is 0.168 e. The van der Waals surface area contributed by atoms with Gasteiger partial charge in [0.15, 0.2) is 5.78 Å². The average molecular weight is 251 g/mol. The Morgan fingerprint density at radius 1 is 1.59 bits per heavy atom. The van der Waals surface area contributed by atoms with Crippen molar-refractivity contribution in [2.45, 2.75) is 31.4 Å². The zero-order valence-corrected chi connectivity index (χ0v) is 10.6. The first-order valence-electron chi connectivity index (χ1n) is 6.23. The molecule has 2 fully saturated rings. The molecule has 2 aliphatic heterocycles. The highest BCUT2D eigenvalue weighted by molar-refractivity contribution is 7.10. The van der Waals surface area contributed by atoms with Gasteiger partial charge >= 0.3 is 0 Å². The van der Waals surface area contributed by atoms with Crippen molar-refractivity contribution in [2.24, 2.45) is 0 Å². The number of ketones is 1. The monoisotopic (exact) mass is 251 g/mol. The maximum absolute atomic E-state index is 12.1. The summed E-state index contributed by atoms with van der Waals surface area (Å²) in [5, 5.41) is 2.01. The van der Waals surface area contributed by atoms with Crippen LogP contribution in [0, 0.1) is 0 Å². The molecule has 0 spiro atoms. The lowest BCUT2D eigenvalue weighted by Gasteiger charge is -2.34. The second-order valence-electron chi connectivity index (χ2n) is 4.84. The summed E-state index contributed by atoms with van der Waals surface area (Å²) in [5.74, 6) is 0.234. The van der Waals surface area contributed by atoms with Gasteiger partial charge in [0.1, 0.15) is 6.10 Å². The number of Topliss-reactive ketones (excluding diaryl/α,β-unsaturated/α-hetero) is 1. The Morgan fingerprint density at radius 2 is 2.53 bits per heavy atom. The maximum atomic E-state index is 12.1. The summed E-state index contributed by atoms with van der Waals surface area (Å²) in [6.45, 7) is 2.67. The van der Waals surface area contributed by atoms with Crippen molar-refractivity contribution in [3.63, 3.8) is 0 Å². The first-order valence-corrected chi connectivity index (χ1v) is 7.11. The van der Waals surface area contributed by atoms with Crippen LogP contribution < -0.4 is 0 Å². The number of hydrogen-bond acceptors (Lipinski definition) is 4. The van der Waals surface area contributed by atoms with Gasteiger partial charge in [-0.3, -0.25) is 9.69 Å². The largest absolute Gasteiger partial charge is 0.367 e. The molecule has 0 N–H and O–H groups in total. The molecule has 2 unspecified atom stereocenters. The van der Waals surface area contributed by atoms with Gasteiger partial charge in [0.2, 0.25) is 0 Å². The predicted octanol–water partition coefficient (Wildman–Crippen LogP) is 1.72. The topological polar surface area (TPSA) is 29.5 Å². The minimum Gasteiger partial charge on any atom is -0.367 e. The van der Waals surface area contributed by atoms with Gasteiger partial charge in [-0.15, -0.1) is 11.3 Å². The van der Waals surface area contributed by atoms with Gasteiger partial charge in [-0.2, -0.15) is 0 Å². The molecule has 3 rings (SSSR count). The van der Waals surface area contributed by atoms with Crippen molar-refractivity contribution in [2.75, 3.05) is 19.7 Å². The van der Waals surface area contributed by atoms with Crippen LogP contribution in [0.3, 0.4) is 0 Å². The number of carbonyl (C=O) groups excluding carboxylic acids is 1. The second-order valence-corrected chi connectivity index (χ2v) is 5.87. The number of thiophene rings is 1. The first kappa shape index (κ1) is 11.4. The van der Waals surface area contributed by atoms with E-state index in [0.717, 1.165) is 24.6 Å². The molecule has 2 saturated heterocycles. The fourth-order valence-electron chi connectivity index (χ4n) is 2.71. The Bertz CT molecular complexity index is 390. The fraction of sp³-hybridized carbons (Fsp3) is 0.615.